The average molecular weight is 245 g/mol. The predicted octanol–water partition coefficient (Wildman–Crippen LogP) is 2.47. The van der Waals surface area contributed by atoms with Crippen molar-refractivity contribution >= 4 is 11.8 Å². The Morgan fingerprint density at radius 3 is 2.81 bits per heavy atom. The molecule has 2 unspecified atom stereocenters. The molecule has 1 rings (SSSR count). The summed E-state index contributed by atoms with van der Waals surface area (Å²) in [6.45, 7) is 4.89. The molecule has 1 aliphatic rings. The van der Waals surface area contributed by atoms with E-state index in [4.69, 9.17) is 0 Å². The molecular formula is C13H27NOS. The van der Waals surface area contributed by atoms with E-state index in [9.17, 15) is 5.11 Å². The summed E-state index contributed by atoms with van der Waals surface area (Å²) in [6.07, 6.45) is 7.19. The van der Waals surface area contributed by atoms with Crippen molar-refractivity contribution in [2.75, 3.05) is 38.8 Å². The van der Waals surface area contributed by atoms with E-state index in [2.05, 4.69) is 25.1 Å². The van der Waals surface area contributed by atoms with Gasteiger partial charge in [-0.15, -0.1) is 0 Å². The van der Waals surface area contributed by atoms with Crippen LogP contribution in [0.5, 0.6) is 0 Å². The topological polar surface area (TPSA) is 23.5 Å². The average Bonchev–Trinajstić information content (AvgIpc) is 2.26. The molecule has 1 aliphatic carbocycles. The summed E-state index contributed by atoms with van der Waals surface area (Å²) in [7, 11) is 2.19. The Bertz CT molecular complexity index is 200. The van der Waals surface area contributed by atoms with Gasteiger partial charge in [0.25, 0.3) is 0 Å². The number of hydrogen-bond donors (Lipinski definition) is 1. The lowest BCUT2D eigenvalue weighted by Gasteiger charge is -2.41. The second kappa shape index (κ2) is 6.87. The molecule has 0 spiro atoms. The van der Waals surface area contributed by atoms with Gasteiger partial charge < -0.3 is 10.0 Å². The molecule has 0 aromatic heterocycles. The van der Waals surface area contributed by atoms with Gasteiger partial charge in [-0.1, -0.05) is 19.8 Å². The van der Waals surface area contributed by atoms with Crippen LogP contribution < -0.4 is 0 Å². The number of nitrogens with zero attached hydrogens (tertiary/aromatic N) is 1. The van der Waals surface area contributed by atoms with Gasteiger partial charge in [0.15, 0.2) is 0 Å². The maximum atomic E-state index is 9.70. The number of aliphatic hydroxyl groups excluding tert-OH is 1. The van der Waals surface area contributed by atoms with Gasteiger partial charge in [-0.25, -0.2) is 0 Å². The highest BCUT2D eigenvalue weighted by atomic mass is 32.2. The van der Waals surface area contributed by atoms with E-state index in [1.807, 2.05) is 11.8 Å². The largest absolute Gasteiger partial charge is 0.396 e. The lowest BCUT2D eigenvalue weighted by Crippen LogP contribution is -2.42. The molecule has 96 valence electrons. The zero-order valence-electron chi connectivity index (χ0n) is 11.0. The lowest BCUT2D eigenvalue weighted by atomic mass is 9.70. The van der Waals surface area contributed by atoms with E-state index in [1.165, 1.54) is 31.4 Å². The minimum atomic E-state index is 0.185. The summed E-state index contributed by atoms with van der Waals surface area (Å²) in [5.41, 5.74) is 0.185. The summed E-state index contributed by atoms with van der Waals surface area (Å²) < 4.78 is 0. The van der Waals surface area contributed by atoms with Gasteiger partial charge in [-0.2, -0.15) is 11.8 Å². The van der Waals surface area contributed by atoms with E-state index >= 15 is 0 Å². The van der Waals surface area contributed by atoms with Crippen LogP contribution in [-0.4, -0.2) is 48.8 Å². The van der Waals surface area contributed by atoms with Crippen molar-refractivity contribution in [3.8, 4) is 0 Å². The first-order valence-electron chi connectivity index (χ1n) is 6.40. The van der Waals surface area contributed by atoms with E-state index in [-0.39, 0.29) is 5.41 Å². The Balaban J connectivity index is 2.45. The van der Waals surface area contributed by atoms with Gasteiger partial charge in [0, 0.05) is 30.9 Å². The first-order chi connectivity index (χ1) is 7.62. The second-order valence-corrected chi connectivity index (χ2v) is 6.58. The minimum absolute atomic E-state index is 0.185. The number of rotatable bonds is 6. The van der Waals surface area contributed by atoms with Gasteiger partial charge in [0.1, 0.15) is 0 Å². The maximum Gasteiger partial charge on any atom is 0.0499 e. The van der Waals surface area contributed by atoms with Crippen molar-refractivity contribution < 1.29 is 5.11 Å². The summed E-state index contributed by atoms with van der Waals surface area (Å²) in [5.74, 6) is 1.97. The summed E-state index contributed by atoms with van der Waals surface area (Å²) >= 11 is 1.89. The van der Waals surface area contributed by atoms with E-state index in [0.717, 1.165) is 19.0 Å². The van der Waals surface area contributed by atoms with Crippen molar-refractivity contribution in [2.45, 2.75) is 32.6 Å². The second-order valence-electron chi connectivity index (χ2n) is 5.59. The van der Waals surface area contributed by atoms with Crippen LogP contribution in [0.25, 0.3) is 0 Å². The Labute approximate surface area is 105 Å². The van der Waals surface area contributed by atoms with Crippen LogP contribution in [0.15, 0.2) is 0 Å². The monoisotopic (exact) mass is 245 g/mol. The summed E-state index contributed by atoms with van der Waals surface area (Å²) in [6, 6.07) is 0. The number of hydrogen-bond acceptors (Lipinski definition) is 3. The van der Waals surface area contributed by atoms with Crippen LogP contribution in [0.1, 0.15) is 32.6 Å². The molecule has 1 saturated carbocycles. The van der Waals surface area contributed by atoms with Crippen LogP contribution in [0.3, 0.4) is 0 Å². The Kier molecular flexibility index (Phi) is 6.16. The third-order valence-corrected chi connectivity index (χ3v) is 4.39. The highest BCUT2D eigenvalue weighted by Gasteiger charge is 2.35. The van der Waals surface area contributed by atoms with Crippen molar-refractivity contribution in [3.05, 3.63) is 0 Å². The Morgan fingerprint density at radius 1 is 1.50 bits per heavy atom. The third-order valence-electron chi connectivity index (χ3n) is 3.80. The molecule has 2 nitrogen and oxygen atoms in total. The molecule has 2 atom stereocenters. The molecule has 0 heterocycles. The number of thioether (sulfide) groups is 1. The molecular weight excluding hydrogens is 218 g/mol. The van der Waals surface area contributed by atoms with E-state index in [0.29, 0.717) is 6.61 Å². The highest BCUT2D eigenvalue weighted by Crippen LogP contribution is 2.39. The zero-order chi connectivity index (χ0) is 12.0. The first kappa shape index (κ1) is 14.3. The lowest BCUT2D eigenvalue weighted by molar-refractivity contribution is 0.0324. The summed E-state index contributed by atoms with van der Waals surface area (Å²) in [5, 5.41) is 9.70. The van der Waals surface area contributed by atoms with Gasteiger partial charge >= 0.3 is 0 Å². The fourth-order valence-corrected chi connectivity index (χ4v) is 3.50. The van der Waals surface area contributed by atoms with Crippen molar-refractivity contribution in [1.82, 2.24) is 4.90 Å². The van der Waals surface area contributed by atoms with Crippen LogP contribution in [0, 0.1) is 11.3 Å². The van der Waals surface area contributed by atoms with Crippen molar-refractivity contribution in [1.29, 1.82) is 0 Å². The fourth-order valence-electron chi connectivity index (χ4n) is 3.00. The Hall–Kier alpha value is 0.270. The minimum Gasteiger partial charge on any atom is -0.396 e. The third kappa shape index (κ3) is 4.27. The predicted molar refractivity (Wildman–Crippen MR) is 73.0 cm³/mol. The molecule has 0 radical (unpaired) electrons. The molecule has 0 saturated heterocycles. The highest BCUT2D eigenvalue weighted by molar-refractivity contribution is 7.98. The van der Waals surface area contributed by atoms with Crippen LogP contribution in [0.4, 0.5) is 0 Å². The van der Waals surface area contributed by atoms with E-state index in [1.54, 1.807) is 0 Å². The molecule has 0 aliphatic heterocycles. The standard InChI is InChI=1S/C13H27NOS/c1-12-5-4-6-13(9-12,11-15)10-14(2)7-8-16-3/h12,15H,4-11H2,1-3H3. The SMILES string of the molecule is CSCCN(C)CC1(CO)CCCC(C)C1. The summed E-state index contributed by atoms with van der Waals surface area (Å²) in [4.78, 5) is 2.39. The molecule has 1 fully saturated rings. The zero-order valence-corrected chi connectivity index (χ0v) is 11.9. The van der Waals surface area contributed by atoms with Gasteiger partial charge in [0.2, 0.25) is 0 Å². The normalized spacial score (nSPS) is 30.9. The maximum absolute atomic E-state index is 9.70. The quantitative estimate of drug-likeness (QED) is 0.777. The smallest absolute Gasteiger partial charge is 0.0499 e. The van der Waals surface area contributed by atoms with Crippen LogP contribution >= 0.6 is 11.8 Å². The van der Waals surface area contributed by atoms with Gasteiger partial charge in [0.05, 0.1) is 0 Å². The van der Waals surface area contributed by atoms with Crippen molar-refractivity contribution in [2.24, 2.45) is 11.3 Å². The molecule has 16 heavy (non-hydrogen) atoms. The molecule has 1 N–H and O–H groups in total. The molecule has 0 amide bonds. The Morgan fingerprint density at radius 2 is 2.25 bits per heavy atom. The van der Waals surface area contributed by atoms with Gasteiger partial charge in [-0.3, -0.25) is 0 Å². The van der Waals surface area contributed by atoms with Crippen LogP contribution in [-0.2, 0) is 0 Å². The number of aliphatic hydroxyl groups is 1. The van der Waals surface area contributed by atoms with E-state index < -0.39 is 0 Å². The molecule has 3 heteroatoms. The van der Waals surface area contributed by atoms with Crippen LogP contribution in [0.2, 0.25) is 0 Å². The van der Waals surface area contributed by atoms with Crippen molar-refractivity contribution in [3.63, 3.8) is 0 Å². The van der Waals surface area contributed by atoms with Gasteiger partial charge in [-0.05, 0) is 32.1 Å². The molecule has 0 aromatic rings. The first-order valence-corrected chi connectivity index (χ1v) is 7.79. The molecule has 0 bridgehead atoms. The molecule has 0 aromatic carbocycles. The fraction of sp³-hybridized carbons (Fsp3) is 1.00.